The van der Waals surface area contributed by atoms with Gasteiger partial charge in [0.1, 0.15) is 5.69 Å². The number of piperidine rings is 1. The molecule has 0 saturated carbocycles. The quantitative estimate of drug-likeness (QED) is 0.670. The van der Waals surface area contributed by atoms with Gasteiger partial charge in [-0.15, -0.1) is 0 Å². The smallest absolute Gasteiger partial charge is 0.273 e. The van der Waals surface area contributed by atoms with Crippen molar-refractivity contribution in [1.82, 2.24) is 14.8 Å². The summed E-state index contributed by atoms with van der Waals surface area (Å²) in [6, 6.07) is 4.00. The Morgan fingerprint density at radius 1 is 1.29 bits per heavy atom. The average Bonchev–Trinajstić information content (AvgIpc) is 2.57. The summed E-state index contributed by atoms with van der Waals surface area (Å²) in [5.74, 6) is 0.0742. The van der Waals surface area contributed by atoms with Crippen molar-refractivity contribution < 1.29 is 4.79 Å². The van der Waals surface area contributed by atoms with Gasteiger partial charge in [0.2, 0.25) is 0 Å². The standard InChI is InChI=1S/C13H17N3O/c1-15-8-5-13(6-9-15)10-4-3-7-14-11(10)12(17)16(13)2/h3-4,7H,5-6,8-9H2,1-2H3. The molecule has 4 heteroatoms. The molecular formula is C13H17N3O. The summed E-state index contributed by atoms with van der Waals surface area (Å²) in [5.41, 5.74) is 1.67. The molecule has 1 amide bonds. The Balaban J connectivity index is 2.09. The van der Waals surface area contributed by atoms with Crippen LogP contribution in [0.2, 0.25) is 0 Å². The van der Waals surface area contributed by atoms with Crippen LogP contribution in [-0.4, -0.2) is 47.9 Å². The zero-order valence-electron chi connectivity index (χ0n) is 10.3. The lowest BCUT2D eigenvalue weighted by molar-refractivity contribution is 0.0424. The second-order valence-corrected chi connectivity index (χ2v) is 5.10. The van der Waals surface area contributed by atoms with Crippen molar-refractivity contribution in [1.29, 1.82) is 0 Å². The highest BCUT2D eigenvalue weighted by atomic mass is 16.2. The Morgan fingerprint density at radius 3 is 2.71 bits per heavy atom. The topological polar surface area (TPSA) is 36.4 Å². The summed E-state index contributed by atoms with van der Waals surface area (Å²) < 4.78 is 0. The molecule has 0 radical (unpaired) electrons. The molecule has 0 aliphatic carbocycles. The average molecular weight is 231 g/mol. The molecule has 1 aromatic heterocycles. The van der Waals surface area contributed by atoms with Gasteiger partial charge in [-0.05, 0) is 26.0 Å². The highest BCUT2D eigenvalue weighted by molar-refractivity contribution is 5.98. The molecule has 3 rings (SSSR count). The third kappa shape index (κ3) is 1.33. The Bertz CT molecular complexity index is 463. The van der Waals surface area contributed by atoms with Gasteiger partial charge in [0, 0.05) is 31.9 Å². The van der Waals surface area contributed by atoms with E-state index in [0.717, 1.165) is 31.5 Å². The monoisotopic (exact) mass is 231 g/mol. The van der Waals surface area contributed by atoms with Gasteiger partial charge in [0.25, 0.3) is 5.91 Å². The molecule has 1 saturated heterocycles. The van der Waals surface area contributed by atoms with E-state index in [1.54, 1.807) is 6.20 Å². The highest BCUT2D eigenvalue weighted by Crippen LogP contribution is 2.44. The van der Waals surface area contributed by atoms with Gasteiger partial charge in [0.15, 0.2) is 0 Å². The van der Waals surface area contributed by atoms with Gasteiger partial charge in [-0.3, -0.25) is 9.78 Å². The van der Waals surface area contributed by atoms with Crippen molar-refractivity contribution >= 4 is 5.91 Å². The highest BCUT2D eigenvalue weighted by Gasteiger charge is 2.49. The van der Waals surface area contributed by atoms with Gasteiger partial charge >= 0.3 is 0 Å². The van der Waals surface area contributed by atoms with Gasteiger partial charge in [-0.2, -0.15) is 0 Å². The number of hydrogen-bond donors (Lipinski definition) is 0. The van der Waals surface area contributed by atoms with E-state index in [1.165, 1.54) is 0 Å². The molecule has 1 aromatic rings. The Kier molecular flexibility index (Phi) is 2.23. The lowest BCUT2D eigenvalue weighted by Crippen LogP contribution is -2.48. The number of rotatable bonds is 0. The normalized spacial score (nSPS) is 23.2. The molecule has 0 aromatic carbocycles. The van der Waals surface area contributed by atoms with Crippen molar-refractivity contribution in [3.63, 3.8) is 0 Å². The van der Waals surface area contributed by atoms with E-state index in [1.807, 2.05) is 18.0 Å². The minimum atomic E-state index is -0.104. The summed E-state index contributed by atoms with van der Waals surface area (Å²) in [6.07, 6.45) is 3.72. The van der Waals surface area contributed by atoms with E-state index in [0.29, 0.717) is 5.69 Å². The molecule has 1 spiro atoms. The van der Waals surface area contributed by atoms with Crippen molar-refractivity contribution in [3.05, 3.63) is 29.6 Å². The first-order valence-corrected chi connectivity index (χ1v) is 6.07. The number of amides is 1. The summed E-state index contributed by atoms with van der Waals surface area (Å²) >= 11 is 0. The number of pyridine rings is 1. The summed E-state index contributed by atoms with van der Waals surface area (Å²) in [4.78, 5) is 20.7. The number of fused-ring (bicyclic) bond motifs is 2. The van der Waals surface area contributed by atoms with Gasteiger partial charge in [0.05, 0.1) is 5.54 Å². The molecule has 0 unspecified atom stereocenters. The third-order valence-corrected chi connectivity index (χ3v) is 4.27. The predicted octanol–water partition coefficient (Wildman–Crippen LogP) is 1.09. The maximum absolute atomic E-state index is 12.2. The maximum Gasteiger partial charge on any atom is 0.273 e. The minimum absolute atomic E-state index is 0.0742. The van der Waals surface area contributed by atoms with E-state index < -0.39 is 0 Å². The van der Waals surface area contributed by atoms with E-state index >= 15 is 0 Å². The van der Waals surface area contributed by atoms with Crippen LogP contribution in [0.5, 0.6) is 0 Å². The van der Waals surface area contributed by atoms with Crippen molar-refractivity contribution in [3.8, 4) is 0 Å². The van der Waals surface area contributed by atoms with Crippen LogP contribution in [0.25, 0.3) is 0 Å². The molecule has 2 aliphatic heterocycles. The minimum Gasteiger partial charge on any atom is -0.330 e. The summed E-state index contributed by atoms with van der Waals surface area (Å²) in [7, 11) is 4.04. The first-order valence-electron chi connectivity index (χ1n) is 6.07. The molecule has 17 heavy (non-hydrogen) atoms. The molecule has 4 nitrogen and oxygen atoms in total. The fourth-order valence-electron chi connectivity index (χ4n) is 3.08. The second-order valence-electron chi connectivity index (χ2n) is 5.10. The summed E-state index contributed by atoms with van der Waals surface area (Å²) in [5, 5.41) is 0. The number of likely N-dealkylation sites (tertiary alicyclic amines) is 1. The van der Waals surface area contributed by atoms with Crippen molar-refractivity contribution in [2.75, 3.05) is 27.2 Å². The Hall–Kier alpha value is -1.42. The zero-order chi connectivity index (χ0) is 12.0. The van der Waals surface area contributed by atoms with Gasteiger partial charge in [-0.1, -0.05) is 6.07 Å². The Morgan fingerprint density at radius 2 is 2.00 bits per heavy atom. The molecule has 0 N–H and O–H groups in total. The third-order valence-electron chi connectivity index (χ3n) is 4.27. The fourth-order valence-corrected chi connectivity index (χ4v) is 3.08. The van der Waals surface area contributed by atoms with Crippen molar-refractivity contribution in [2.24, 2.45) is 0 Å². The van der Waals surface area contributed by atoms with E-state index in [-0.39, 0.29) is 11.4 Å². The van der Waals surface area contributed by atoms with Crippen LogP contribution in [0.4, 0.5) is 0 Å². The fraction of sp³-hybridized carbons (Fsp3) is 0.538. The molecule has 3 heterocycles. The van der Waals surface area contributed by atoms with Gasteiger partial charge < -0.3 is 9.80 Å². The van der Waals surface area contributed by atoms with Crippen LogP contribution in [-0.2, 0) is 5.54 Å². The van der Waals surface area contributed by atoms with Crippen LogP contribution in [0.3, 0.4) is 0 Å². The van der Waals surface area contributed by atoms with Crippen LogP contribution < -0.4 is 0 Å². The number of carbonyl (C=O) groups is 1. The molecule has 0 bridgehead atoms. The first kappa shape index (κ1) is 10.7. The lowest BCUT2D eigenvalue weighted by atomic mass is 9.82. The molecule has 90 valence electrons. The SMILES string of the molecule is CN1CCC2(CC1)c1cccnc1C(=O)N2C. The van der Waals surface area contributed by atoms with Crippen LogP contribution >= 0.6 is 0 Å². The maximum atomic E-state index is 12.2. The van der Waals surface area contributed by atoms with Crippen LogP contribution in [0.15, 0.2) is 18.3 Å². The van der Waals surface area contributed by atoms with Crippen LogP contribution in [0, 0.1) is 0 Å². The molecule has 2 aliphatic rings. The molecular weight excluding hydrogens is 214 g/mol. The van der Waals surface area contributed by atoms with Crippen molar-refractivity contribution in [2.45, 2.75) is 18.4 Å². The predicted molar refractivity (Wildman–Crippen MR) is 64.7 cm³/mol. The molecule has 1 fully saturated rings. The number of aromatic nitrogens is 1. The van der Waals surface area contributed by atoms with Crippen LogP contribution in [0.1, 0.15) is 28.9 Å². The summed E-state index contributed by atoms with van der Waals surface area (Å²) in [6.45, 7) is 2.07. The zero-order valence-corrected chi connectivity index (χ0v) is 10.3. The molecule has 0 atom stereocenters. The largest absolute Gasteiger partial charge is 0.330 e. The lowest BCUT2D eigenvalue weighted by Gasteiger charge is -2.42. The van der Waals surface area contributed by atoms with Gasteiger partial charge in [-0.25, -0.2) is 0 Å². The second kappa shape index (κ2) is 3.53. The Labute approximate surface area is 101 Å². The van der Waals surface area contributed by atoms with E-state index in [9.17, 15) is 4.79 Å². The van der Waals surface area contributed by atoms with E-state index in [4.69, 9.17) is 0 Å². The number of carbonyl (C=O) groups excluding carboxylic acids is 1. The number of hydrogen-bond acceptors (Lipinski definition) is 3. The number of nitrogens with zero attached hydrogens (tertiary/aromatic N) is 3. The first-order chi connectivity index (χ1) is 8.15. The van der Waals surface area contributed by atoms with E-state index in [2.05, 4.69) is 23.0 Å².